The Morgan fingerprint density at radius 2 is 0.370 bits per heavy atom. The van der Waals surface area contributed by atoms with Gasteiger partial charge in [-0.3, -0.25) is 0 Å². The van der Waals surface area contributed by atoms with Crippen LogP contribution < -0.4 is 47.4 Å². The molecular formula is C94H134O14. The summed E-state index contributed by atoms with van der Waals surface area (Å²) >= 11 is 0. The van der Waals surface area contributed by atoms with Gasteiger partial charge in [-0.25, -0.2) is 19.2 Å². The predicted octanol–water partition coefficient (Wildman–Crippen LogP) is 26.8. The molecule has 14 heteroatoms. The van der Waals surface area contributed by atoms with Crippen LogP contribution in [0.25, 0.3) is 0 Å². The molecule has 6 aromatic rings. The Morgan fingerprint density at radius 3 is 0.583 bits per heavy atom. The van der Waals surface area contributed by atoms with Crippen LogP contribution in [-0.2, 0) is 0 Å². The van der Waals surface area contributed by atoms with Crippen molar-refractivity contribution in [1.82, 2.24) is 0 Å². The van der Waals surface area contributed by atoms with E-state index in [0.717, 1.165) is 51.4 Å². The molecule has 0 aromatic heterocycles. The molecule has 108 heavy (non-hydrogen) atoms. The highest BCUT2D eigenvalue weighted by Gasteiger charge is 2.22. The lowest BCUT2D eigenvalue weighted by atomic mass is 10.1. The number of carbonyl (C=O) groups excluding carboxylic acids is 4. The minimum absolute atomic E-state index is 0.143. The zero-order chi connectivity index (χ0) is 76.4. The average Bonchev–Trinajstić information content (AvgIpc) is 0.827. The summed E-state index contributed by atoms with van der Waals surface area (Å²) in [5.74, 6) is 1.97. The van der Waals surface area contributed by atoms with E-state index in [0.29, 0.717) is 98.1 Å². The molecule has 0 amide bonds. The van der Waals surface area contributed by atoms with E-state index in [9.17, 15) is 19.2 Å². The molecule has 594 valence electrons. The number of ether oxygens (including phenoxy) is 10. The van der Waals surface area contributed by atoms with Gasteiger partial charge in [0.15, 0.2) is 0 Å². The number of benzene rings is 6. The number of esters is 4. The van der Waals surface area contributed by atoms with Gasteiger partial charge in [-0.1, -0.05) is 259 Å². The molecule has 0 fully saturated rings. The summed E-state index contributed by atoms with van der Waals surface area (Å²) in [5, 5.41) is 0. The van der Waals surface area contributed by atoms with Crippen molar-refractivity contribution in [2.45, 2.75) is 310 Å². The molecule has 14 nitrogen and oxygen atoms in total. The molecule has 0 radical (unpaired) electrons. The number of hydrogen-bond donors (Lipinski definition) is 0. The molecule has 0 atom stereocenters. The normalized spacial score (nSPS) is 11.1. The lowest BCUT2D eigenvalue weighted by Crippen LogP contribution is -2.14. The molecule has 0 N–H and O–H groups in total. The standard InChI is InChI=1S/C94H134O14/c1-5-9-13-17-21-25-29-33-37-43-69-99-79-51-59-83(60-52-79)105-91(95)77-49-67-87(93(97)107-85-63-55-81(56-64-85)101-71-45-39-35-31-27-23-19-15-11-7-3)89(75-77)103-73-47-41-42-48-74-104-90-76-78(92(96)106-84-61-53-80(54-62-84)100-70-44-38-34-30-26-22-18-14-10-6-2)50-68-88(90)94(98)108-86-65-57-82(58-66-86)102-72-46-40-36-32-28-24-20-16-12-8-4/h49-68,75-76H,5-48,69-74H2,1-4H3. The van der Waals surface area contributed by atoms with E-state index in [2.05, 4.69) is 27.7 Å². The average molecular weight is 1490 g/mol. The van der Waals surface area contributed by atoms with Crippen molar-refractivity contribution < 1.29 is 66.5 Å². The first kappa shape index (κ1) is 88.9. The van der Waals surface area contributed by atoms with Crippen LogP contribution >= 0.6 is 0 Å². The van der Waals surface area contributed by atoms with E-state index >= 15 is 0 Å². The lowest BCUT2D eigenvalue weighted by molar-refractivity contribution is 0.0715. The second-order valence-electron chi connectivity index (χ2n) is 29.1. The fraction of sp³-hybridized carbons (Fsp3) is 0.574. The van der Waals surface area contributed by atoms with E-state index in [1.54, 1.807) is 97.1 Å². The van der Waals surface area contributed by atoms with Crippen molar-refractivity contribution in [3.05, 3.63) is 156 Å². The summed E-state index contributed by atoms with van der Waals surface area (Å²) in [5.41, 5.74) is 0.667. The largest absolute Gasteiger partial charge is 0.494 e. The Balaban J connectivity index is 1.03. The maximum atomic E-state index is 14.0. The van der Waals surface area contributed by atoms with Gasteiger partial charge in [0, 0.05) is 0 Å². The fourth-order valence-electron chi connectivity index (χ4n) is 13.0. The zero-order valence-electron chi connectivity index (χ0n) is 66.8. The summed E-state index contributed by atoms with van der Waals surface area (Å²) in [7, 11) is 0. The fourth-order valence-corrected chi connectivity index (χ4v) is 13.0. The smallest absolute Gasteiger partial charge is 0.347 e. The maximum Gasteiger partial charge on any atom is 0.347 e. The van der Waals surface area contributed by atoms with Gasteiger partial charge in [-0.05, 0) is 185 Å². The third-order valence-corrected chi connectivity index (χ3v) is 19.6. The zero-order valence-corrected chi connectivity index (χ0v) is 66.8. The summed E-state index contributed by atoms with van der Waals surface area (Å²) in [6.45, 7) is 11.9. The van der Waals surface area contributed by atoms with Crippen LogP contribution in [0.3, 0.4) is 0 Å². The van der Waals surface area contributed by atoms with E-state index in [-0.39, 0.29) is 47.0 Å². The first-order valence-corrected chi connectivity index (χ1v) is 42.5. The molecule has 6 rings (SSSR count). The van der Waals surface area contributed by atoms with Crippen LogP contribution in [-0.4, -0.2) is 63.5 Å². The summed E-state index contributed by atoms with van der Waals surface area (Å²) in [6, 6.07) is 37.2. The second-order valence-corrected chi connectivity index (χ2v) is 29.1. The number of hydrogen-bond acceptors (Lipinski definition) is 14. The first-order chi connectivity index (χ1) is 53.2. The molecule has 0 aliphatic heterocycles. The van der Waals surface area contributed by atoms with Crippen molar-refractivity contribution in [2.75, 3.05) is 39.6 Å². The third kappa shape index (κ3) is 39.4. The van der Waals surface area contributed by atoms with Crippen LogP contribution in [0.5, 0.6) is 57.5 Å². The van der Waals surface area contributed by atoms with E-state index in [1.807, 2.05) is 0 Å². The molecule has 6 aromatic carbocycles. The van der Waals surface area contributed by atoms with E-state index in [4.69, 9.17) is 47.4 Å². The summed E-state index contributed by atoms with van der Waals surface area (Å²) in [4.78, 5) is 55.5. The summed E-state index contributed by atoms with van der Waals surface area (Å²) < 4.78 is 60.2. The predicted molar refractivity (Wildman–Crippen MR) is 437 cm³/mol. The van der Waals surface area contributed by atoms with Crippen LogP contribution in [0.15, 0.2) is 133 Å². The number of unbranched alkanes of at least 4 members (excludes halogenated alkanes) is 39. The second kappa shape index (κ2) is 58.0. The van der Waals surface area contributed by atoms with Gasteiger partial charge in [-0.15, -0.1) is 0 Å². The molecule has 0 aliphatic rings. The third-order valence-electron chi connectivity index (χ3n) is 19.6. The van der Waals surface area contributed by atoms with E-state index in [1.165, 1.54) is 242 Å². The minimum atomic E-state index is -0.651. The van der Waals surface area contributed by atoms with Crippen molar-refractivity contribution in [2.24, 2.45) is 0 Å². The van der Waals surface area contributed by atoms with Crippen molar-refractivity contribution in [3.63, 3.8) is 0 Å². The molecule has 0 unspecified atom stereocenters. The Bertz CT molecular complexity index is 3090. The molecule has 0 saturated carbocycles. The molecule has 0 saturated heterocycles. The SMILES string of the molecule is CCCCCCCCCCCCOc1ccc(OC(=O)c2ccc(C(=O)Oc3ccc(OCCCCCCCCCCCC)cc3)c(OCCCCCCOc3cc(C(=O)Oc4ccc(OCCCCCCCCCCCC)cc4)ccc3C(=O)Oc3ccc(OCCCCCCCCCCCC)cc3)c2)cc1. The van der Waals surface area contributed by atoms with Gasteiger partial charge in [-0.2, -0.15) is 0 Å². The highest BCUT2D eigenvalue weighted by atomic mass is 16.6. The Morgan fingerprint density at radius 1 is 0.194 bits per heavy atom. The molecule has 0 aliphatic carbocycles. The van der Waals surface area contributed by atoms with Crippen LogP contribution in [0.1, 0.15) is 352 Å². The Labute approximate surface area is 650 Å². The molecule has 0 spiro atoms. The topological polar surface area (TPSA) is 161 Å². The van der Waals surface area contributed by atoms with Crippen molar-refractivity contribution >= 4 is 23.9 Å². The van der Waals surface area contributed by atoms with Gasteiger partial charge < -0.3 is 47.4 Å². The van der Waals surface area contributed by atoms with Gasteiger partial charge in [0.25, 0.3) is 0 Å². The molecule has 0 bridgehead atoms. The Kier molecular flexibility index (Phi) is 47.8. The number of carbonyl (C=O) groups is 4. The van der Waals surface area contributed by atoms with Crippen molar-refractivity contribution in [1.29, 1.82) is 0 Å². The van der Waals surface area contributed by atoms with Gasteiger partial charge >= 0.3 is 23.9 Å². The van der Waals surface area contributed by atoms with Crippen LogP contribution in [0, 0.1) is 0 Å². The molecular weight excluding hydrogens is 1350 g/mol. The van der Waals surface area contributed by atoms with Gasteiger partial charge in [0.2, 0.25) is 0 Å². The number of rotatable bonds is 65. The summed E-state index contributed by atoms with van der Waals surface area (Å²) in [6.07, 6.45) is 52.6. The monoisotopic (exact) mass is 1490 g/mol. The van der Waals surface area contributed by atoms with Gasteiger partial charge in [0.05, 0.1) is 50.8 Å². The van der Waals surface area contributed by atoms with Gasteiger partial charge in [0.1, 0.15) is 68.6 Å². The highest BCUT2D eigenvalue weighted by molar-refractivity contribution is 5.98. The maximum absolute atomic E-state index is 14.0. The lowest BCUT2D eigenvalue weighted by Gasteiger charge is -2.14. The highest BCUT2D eigenvalue weighted by Crippen LogP contribution is 2.30. The first-order valence-electron chi connectivity index (χ1n) is 42.5. The van der Waals surface area contributed by atoms with Crippen LogP contribution in [0.4, 0.5) is 0 Å². The van der Waals surface area contributed by atoms with Crippen LogP contribution in [0.2, 0.25) is 0 Å². The quantitative estimate of drug-likeness (QED) is 0.0201. The molecule has 0 heterocycles. The van der Waals surface area contributed by atoms with E-state index < -0.39 is 23.9 Å². The van der Waals surface area contributed by atoms with Crippen molar-refractivity contribution in [3.8, 4) is 57.5 Å². The Hall–Kier alpha value is -8.00. The minimum Gasteiger partial charge on any atom is -0.494 e.